The zero-order valence-corrected chi connectivity index (χ0v) is 28.6. The highest BCUT2D eigenvalue weighted by Crippen LogP contribution is 2.47. The van der Waals surface area contributed by atoms with Crippen molar-refractivity contribution in [3.8, 4) is 0 Å². The lowest BCUT2D eigenvalue weighted by Crippen LogP contribution is -2.60. The van der Waals surface area contributed by atoms with Crippen LogP contribution in [0.4, 0.5) is 0 Å². The van der Waals surface area contributed by atoms with Crippen molar-refractivity contribution in [3.05, 3.63) is 108 Å². The predicted octanol–water partition coefficient (Wildman–Crippen LogP) is 6.71. The third kappa shape index (κ3) is 8.88. The van der Waals surface area contributed by atoms with Gasteiger partial charge in [0, 0.05) is 0 Å². The standard InChI is InChI=1S/C39H51NO7/c1-38(2,3)45-30-22-40-33(34(30)46-39(4,5)6)32-36(43-25-29-20-14-9-15-21-29)35(42-24-28-18-12-8-13-19-28)31(44-37(32)47-40)26-41-23-27-16-10-7-11-17-27/h7-21,30-37H,22-26H2,1-6H3/t30-,31-,32-,33+,34+,35-,36-,37-/m1/s1. The fourth-order valence-electron chi connectivity index (χ4n) is 6.88. The Hall–Kier alpha value is -2.66. The average Bonchev–Trinajstić information content (AvgIpc) is 3.54. The summed E-state index contributed by atoms with van der Waals surface area (Å²) in [5.41, 5.74) is 2.53. The maximum absolute atomic E-state index is 6.94. The van der Waals surface area contributed by atoms with Gasteiger partial charge in [0.15, 0.2) is 6.29 Å². The van der Waals surface area contributed by atoms with Gasteiger partial charge in [-0.15, -0.1) is 0 Å². The maximum atomic E-state index is 6.94. The predicted molar refractivity (Wildman–Crippen MR) is 179 cm³/mol. The molecule has 254 valence electrons. The highest BCUT2D eigenvalue weighted by atomic mass is 16.8. The monoisotopic (exact) mass is 645 g/mol. The first-order chi connectivity index (χ1) is 22.5. The van der Waals surface area contributed by atoms with Gasteiger partial charge in [-0.3, -0.25) is 4.84 Å². The number of hydrogen-bond donors (Lipinski definition) is 0. The molecule has 8 nitrogen and oxygen atoms in total. The van der Waals surface area contributed by atoms with E-state index in [2.05, 4.69) is 77.9 Å². The molecule has 8 atom stereocenters. The van der Waals surface area contributed by atoms with Crippen LogP contribution in [-0.4, -0.2) is 72.3 Å². The third-order valence-electron chi connectivity index (χ3n) is 8.68. The first kappa shape index (κ1) is 34.2. The zero-order valence-electron chi connectivity index (χ0n) is 28.6. The summed E-state index contributed by atoms with van der Waals surface area (Å²) in [5, 5.41) is 2.02. The van der Waals surface area contributed by atoms with Crippen LogP contribution in [0.25, 0.3) is 0 Å². The molecule has 3 saturated heterocycles. The second-order valence-corrected chi connectivity index (χ2v) is 14.8. The number of rotatable bonds is 12. The lowest BCUT2D eigenvalue weighted by Gasteiger charge is -2.45. The van der Waals surface area contributed by atoms with E-state index in [0.717, 1.165) is 16.7 Å². The van der Waals surface area contributed by atoms with E-state index < -0.39 is 24.1 Å². The fourth-order valence-corrected chi connectivity index (χ4v) is 6.88. The van der Waals surface area contributed by atoms with Crippen LogP contribution in [0.3, 0.4) is 0 Å². The molecule has 0 saturated carbocycles. The highest BCUT2D eigenvalue weighted by Gasteiger charge is 2.64. The van der Waals surface area contributed by atoms with Gasteiger partial charge in [0.1, 0.15) is 24.4 Å². The summed E-state index contributed by atoms with van der Waals surface area (Å²) >= 11 is 0. The molecule has 47 heavy (non-hydrogen) atoms. The number of hydrogen-bond acceptors (Lipinski definition) is 8. The molecule has 0 amide bonds. The van der Waals surface area contributed by atoms with Gasteiger partial charge in [-0.2, -0.15) is 5.06 Å². The third-order valence-corrected chi connectivity index (χ3v) is 8.68. The number of fused-ring (bicyclic) bond motifs is 3. The molecular formula is C39H51NO7. The summed E-state index contributed by atoms with van der Waals surface area (Å²) in [7, 11) is 0. The van der Waals surface area contributed by atoms with Gasteiger partial charge in [0.05, 0.1) is 62.2 Å². The van der Waals surface area contributed by atoms with Crippen molar-refractivity contribution in [2.24, 2.45) is 5.92 Å². The van der Waals surface area contributed by atoms with Crippen LogP contribution >= 0.6 is 0 Å². The van der Waals surface area contributed by atoms with Gasteiger partial charge in [-0.05, 0) is 58.2 Å². The van der Waals surface area contributed by atoms with E-state index in [0.29, 0.717) is 33.0 Å². The van der Waals surface area contributed by atoms with Crippen molar-refractivity contribution < 1.29 is 33.3 Å². The molecule has 0 aliphatic carbocycles. The highest BCUT2D eigenvalue weighted by molar-refractivity contribution is 5.16. The van der Waals surface area contributed by atoms with E-state index in [1.807, 2.05) is 59.7 Å². The molecule has 0 radical (unpaired) electrons. The van der Waals surface area contributed by atoms with E-state index >= 15 is 0 Å². The molecule has 0 unspecified atom stereocenters. The Labute approximate surface area is 280 Å². The minimum Gasteiger partial charge on any atom is -0.374 e. The summed E-state index contributed by atoms with van der Waals surface area (Å²) < 4.78 is 40.2. The second kappa shape index (κ2) is 14.8. The Kier molecular flexibility index (Phi) is 10.8. The minimum absolute atomic E-state index is 0.165. The van der Waals surface area contributed by atoms with Gasteiger partial charge in [0.25, 0.3) is 0 Å². The molecule has 3 aliphatic heterocycles. The van der Waals surface area contributed by atoms with Crippen LogP contribution < -0.4 is 0 Å². The van der Waals surface area contributed by atoms with E-state index in [1.165, 1.54) is 0 Å². The normalized spacial score (nSPS) is 29.5. The van der Waals surface area contributed by atoms with Crippen molar-refractivity contribution in [2.45, 2.75) is 115 Å². The van der Waals surface area contributed by atoms with Crippen LogP contribution in [0.15, 0.2) is 91.0 Å². The van der Waals surface area contributed by atoms with Gasteiger partial charge in [-0.25, -0.2) is 0 Å². The number of hydroxylamine groups is 2. The molecule has 0 spiro atoms. The van der Waals surface area contributed by atoms with E-state index in [4.69, 9.17) is 33.3 Å². The van der Waals surface area contributed by atoms with E-state index in [1.54, 1.807) is 0 Å². The maximum Gasteiger partial charge on any atom is 0.185 e. The van der Waals surface area contributed by atoms with Crippen LogP contribution in [0.2, 0.25) is 0 Å². The van der Waals surface area contributed by atoms with Gasteiger partial charge in [0.2, 0.25) is 0 Å². The molecule has 3 heterocycles. The number of nitrogens with zero attached hydrogens (tertiary/aromatic N) is 1. The second-order valence-electron chi connectivity index (χ2n) is 14.8. The van der Waals surface area contributed by atoms with Gasteiger partial charge >= 0.3 is 0 Å². The smallest absolute Gasteiger partial charge is 0.185 e. The molecule has 0 bridgehead atoms. The topological polar surface area (TPSA) is 67.9 Å². The lowest BCUT2D eigenvalue weighted by molar-refractivity contribution is -0.314. The number of ether oxygens (including phenoxy) is 6. The first-order valence-electron chi connectivity index (χ1n) is 16.9. The van der Waals surface area contributed by atoms with Crippen LogP contribution in [0.1, 0.15) is 58.2 Å². The van der Waals surface area contributed by atoms with E-state index in [-0.39, 0.29) is 35.9 Å². The average molecular weight is 646 g/mol. The Bertz CT molecular complexity index is 1380. The summed E-state index contributed by atoms with van der Waals surface area (Å²) in [6, 6.07) is 30.5. The fraction of sp³-hybridized carbons (Fsp3) is 0.538. The Balaban J connectivity index is 1.32. The van der Waals surface area contributed by atoms with Crippen molar-refractivity contribution in [3.63, 3.8) is 0 Å². The molecule has 0 aromatic heterocycles. The Morgan fingerprint density at radius 2 is 1.15 bits per heavy atom. The van der Waals surface area contributed by atoms with Crippen LogP contribution in [0, 0.1) is 5.92 Å². The minimum atomic E-state index is -0.552. The molecule has 6 rings (SSSR count). The van der Waals surface area contributed by atoms with Gasteiger partial charge in [-0.1, -0.05) is 91.0 Å². The van der Waals surface area contributed by atoms with Gasteiger partial charge < -0.3 is 28.4 Å². The van der Waals surface area contributed by atoms with Crippen molar-refractivity contribution in [1.29, 1.82) is 0 Å². The summed E-state index contributed by atoms with van der Waals surface area (Å²) in [6.45, 7) is 14.7. The molecular weight excluding hydrogens is 594 g/mol. The summed E-state index contributed by atoms with van der Waals surface area (Å²) in [5.74, 6) is -0.203. The molecule has 3 aromatic carbocycles. The Morgan fingerprint density at radius 1 is 0.638 bits per heavy atom. The van der Waals surface area contributed by atoms with Crippen molar-refractivity contribution >= 4 is 0 Å². The van der Waals surface area contributed by atoms with E-state index in [9.17, 15) is 0 Å². The molecule has 3 fully saturated rings. The summed E-state index contributed by atoms with van der Waals surface area (Å²) in [4.78, 5) is 6.63. The van der Waals surface area contributed by atoms with Crippen molar-refractivity contribution in [1.82, 2.24) is 5.06 Å². The first-order valence-corrected chi connectivity index (χ1v) is 16.9. The zero-order chi connectivity index (χ0) is 33.0. The largest absolute Gasteiger partial charge is 0.374 e. The molecule has 0 N–H and O–H groups in total. The lowest BCUT2D eigenvalue weighted by atomic mass is 9.83. The SMILES string of the molecule is CC(C)(C)O[C@@H]1[C@@H]2[C@H]3[C@H](O[C@H](COCc4ccccc4)[C@@H](OCc4ccccc4)[C@@H]3OCc3ccccc3)ON2C[C@H]1OC(C)(C)C. The molecule has 8 heteroatoms. The number of benzene rings is 3. The Morgan fingerprint density at radius 3 is 1.68 bits per heavy atom. The quantitative estimate of drug-likeness (QED) is 0.215. The van der Waals surface area contributed by atoms with Crippen LogP contribution in [-0.2, 0) is 53.1 Å². The van der Waals surface area contributed by atoms with Crippen molar-refractivity contribution in [2.75, 3.05) is 13.2 Å². The van der Waals surface area contributed by atoms with Crippen LogP contribution in [0.5, 0.6) is 0 Å². The molecule has 3 aliphatic rings. The summed E-state index contributed by atoms with van der Waals surface area (Å²) in [6.07, 6.45) is -2.24. The molecule has 3 aromatic rings.